The fourth-order valence-electron chi connectivity index (χ4n) is 3.58. The average molecular weight is 428 g/mol. The van der Waals surface area contributed by atoms with E-state index in [9.17, 15) is 5.11 Å². The molecule has 2 aromatic carbocycles. The lowest BCUT2D eigenvalue weighted by Gasteiger charge is -2.26. The third-order valence-corrected chi connectivity index (χ3v) is 6.57. The summed E-state index contributed by atoms with van der Waals surface area (Å²) < 4.78 is 2.37. The first-order chi connectivity index (χ1) is 14.1. The second-order valence-corrected chi connectivity index (χ2v) is 9.04. The van der Waals surface area contributed by atoms with Crippen LogP contribution in [0.3, 0.4) is 0 Å². The Labute approximate surface area is 177 Å². The predicted octanol–water partition coefficient (Wildman–Crippen LogP) is 4.22. The van der Waals surface area contributed by atoms with Crippen molar-refractivity contribution in [1.29, 1.82) is 0 Å². The average Bonchev–Trinajstić information content (AvgIpc) is 2.74. The van der Waals surface area contributed by atoms with Gasteiger partial charge in [-0.25, -0.2) is 4.31 Å². The number of pyridine rings is 1. The van der Waals surface area contributed by atoms with Gasteiger partial charge in [-0.1, -0.05) is 36.2 Å². The first-order valence-electron chi connectivity index (χ1n) is 9.70. The number of benzene rings is 2. The van der Waals surface area contributed by atoms with Gasteiger partial charge in [-0.3, -0.25) is 4.98 Å². The molecule has 0 amide bonds. The van der Waals surface area contributed by atoms with E-state index in [0.29, 0.717) is 11.3 Å². The SMILES string of the molecule is COOc1cc(CN2CCCCS2)c2cc(Cc3ccc(P)cc3)cnc2c1O. The van der Waals surface area contributed by atoms with Crippen molar-refractivity contribution in [2.75, 3.05) is 19.4 Å². The first-order valence-corrected chi connectivity index (χ1v) is 11.2. The highest BCUT2D eigenvalue weighted by Gasteiger charge is 2.19. The maximum Gasteiger partial charge on any atom is 0.209 e. The van der Waals surface area contributed by atoms with E-state index in [0.717, 1.165) is 41.8 Å². The smallest absolute Gasteiger partial charge is 0.209 e. The summed E-state index contributed by atoms with van der Waals surface area (Å²) in [5.41, 5.74) is 3.96. The largest absolute Gasteiger partial charge is 0.503 e. The number of aromatic hydroxyl groups is 1. The minimum atomic E-state index is 0.0100. The van der Waals surface area contributed by atoms with Gasteiger partial charge in [0.05, 0.1) is 7.11 Å². The molecule has 3 aromatic rings. The van der Waals surface area contributed by atoms with Crippen molar-refractivity contribution in [2.24, 2.45) is 0 Å². The lowest BCUT2D eigenvalue weighted by atomic mass is 10.0. The summed E-state index contributed by atoms with van der Waals surface area (Å²) >= 11 is 1.87. The fraction of sp³-hybridized carbons (Fsp3) is 0.318. The molecule has 1 aliphatic rings. The van der Waals surface area contributed by atoms with E-state index in [2.05, 4.69) is 48.9 Å². The molecule has 4 rings (SSSR count). The monoisotopic (exact) mass is 428 g/mol. The van der Waals surface area contributed by atoms with Crippen LogP contribution in [-0.2, 0) is 17.9 Å². The Morgan fingerprint density at radius 2 is 2.00 bits per heavy atom. The van der Waals surface area contributed by atoms with Crippen molar-refractivity contribution in [2.45, 2.75) is 25.8 Å². The van der Waals surface area contributed by atoms with Crippen molar-refractivity contribution >= 4 is 37.4 Å². The zero-order valence-corrected chi connectivity index (χ0v) is 18.4. The van der Waals surface area contributed by atoms with E-state index in [-0.39, 0.29) is 5.75 Å². The Morgan fingerprint density at radius 3 is 2.72 bits per heavy atom. The molecule has 1 N–H and O–H groups in total. The van der Waals surface area contributed by atoms with Gasteiger partial charge < -0.3 is 9.99 Å². The van der Waals surface area contributed by atoms with Crippen molar-refractivity contribution in [3.05, 3.63) is 59.3 Å². The van der Waals surface area contributed by atoms with Gasteiger partial charge in [0.15, 0.2) is 5.75 Å². The highest BCUT2D eigenvalue weighted by Crippen LogP contribution is 2.38. The zero-order chi connectivity index (χ0) is 20.2. The Bertz CT molecular complexity index is 992. The highest BCUT2D eigenvalue weighted by molar-refractivity contribution is 7.97. The number of aromatic nitrogens is 1. The molecule has 0 radical (unpaired) electrons. The van der Waals surface area contributed by atoms with Gasteiger partial charge in [-0.15, -0.1) is 9.24 Å². The molecule has 0 bridgehead atoms. The number of phenols is 1. The number of nitrogens with zero attached hydrogens (tertiary/aromatic N) is 2. The number of fused-ring (bicyclic) bond motifs is 1. The van der Waals surface area contributed by atoms with Crippen molar-refractivity contribution in [3.8, 4) is 11.5 Å². The minimum absolute atomic E-state index is 0.0100. The van der Waals surface area contributed by atoms with E-state index >= 15 is 0 Å². The lowest BCUT2D eigenvalue weighted by molar-refractivity contribution is -0.179. The molecule has 1 aromatic heterocycles. The number of phenolic OH excluding ortho intramolecular Hbond substituents is 1. The molecule has 29 heavy (non-hydrogen) atoms. The van der Waals surface area contributed by atoms with Gasteiger partial charge in [0.2, 0.25) is 5.75 Å². The van der Waals surface area contributed by atoms with Gasteiger partial charge in [-0.2, -0.15) is 4.89 Å². The summed E-state index contributed by atoms with van der Waals surface area (Å²) in [7, 11) is 4.14. The topological polar surface area (TPSA) is 54.8 Å². The van der Waals surface area contributed by atoms with Gasteiger partial charge in [0.1, 0.15) is 5.52 Å². The normalized spacial score (nSPS) is 15.0. The van der Waals surface area contributed by atoms with Crippen molar-refractivity contribution in [3.63, 3.8) is 0 Å². The molecule has 1 fully saturated rings. The number of rotatable bonds is 6. The summed E-state index contributed by atoms with van der Waals surface area (Å²) in [4.78, 5) is 14.6. The van der Waals surface area contributed by atoms with E-state index in [1.54, 1.807) is 0 Å². The van der Waals surface area contributed by atoms with Gasteiger partial charge in [0.25, 0.3) is 0 Å². The third-order valence-electron chi connectivity index (χ3n) is 5.04. The molecule has 0 saturated carbocycles. The molecule has 0 aliphatic carbocycles. The van der Waals surface area contributed by atoms with Gasteiger partial charge >= 0.3 is 0 Å². The van der Waals surface area contributed by atoms with Crippen LogP contribution in [0.5, 0.6) is 11.5 Å². The number of hydrogen-bond acceptors (Lipinski definition) is 6. The van der Waals surface area contributed by atoms with Crippen LogP contribution >= 0.6 is 21.2 Å². The maximum absolute atomic E-state index is 10.6. The summed E-state index contributed by atoms with van der Waals surface area (Å²) in [6.07, 6.45) is 5.09. The second kappa shape index (κ2) is 9.31. The molecule has 7 heteroatoms. The fourth-order valence-corrected chi connectivity index (χ4v) is 4.85. The van der Waals surface area contributed by atoms with Crippen molar-refractivity contribution in [1.82, 2.24) is 9.29 Å². The number of hydrogen-bond donors (Lipinski definition) is 1. The Kier molecular flexibility index (Phi) is 6.56. The molecule has 0 spiro atoms. The standard InChI is InChI=1S/C22H25N2O3PS/c1-26-27-20-12-17(14-24-8-2-3-9-29-24)19-11-16(13-23-21(19)22(20)25)10-15-4-6-18(28)7-5-15/h4-7,11-13,25H,2-3,8-10,14,28H2,1H3. The van der Waals surface area contributed by atoms with E-state index in [4.69, 9.17) is 9.78 Å². The Hall–Kier alpha value is -1.85. The maximum atomic E-state index is 10.6. The predicted molar refractivity (Wildman–Crippen MR) is 122 cm³/mol. The quantitative estimate of drug-likeness (QED) is 0.275. The second-order valence-electron chi connectivity index (χ2n) is 7.19. The molecular formula is C22H25N2O3PS. The zero-order valence-electron chi connectivity index (χ0n) is 16.4. The highest BCUT2D eigenvalue weighted by atomic mass is 32.2. The van der Waals surface area contributed by atoms with Crippen LogP contribution < -0.4 is 10.2 Å². The summed E-state index contributed by atoms with van der Waals surface area (Å²) in [6.45, 7) is 1.83. The van der Waals surface area contributed by atoms with Crippen LogP contribution in [0.15, 0.2) is 42.6 Å². The molecule has 2 heterocycles. The minimum Gasteiger partial charge on any atom is -0.503 e. The summed E-state index contributed by atoms with van der Waals surface area (Å²) in [5, 5.41) is 12.8. The molecular weight excluding hydrogens is 403 g/mol. The van der Waals surface area contributed by atoms with Crippen LogP contribution in [-0.4, -0.2) is 33.8 Å². The molecule has 1 unspecified atom stereocenters. The molecule has 1 aliphatic heterocycles. The Balaban J connectivity index is 1.72. The summed E-state index contributed by atoms with van der Waals surface area (Å²) in [5.74, 6) is 1.45. The molecule has 1 saturated heterocycles. The first kappa shape index (κ1) is 20.4. The summed E-state index contributed by atoms with van der Waals surface area (Å²) in [6, 6.07) is 12.4. The molecule has 1 atom stereocenters. The Morgan fingerprint density at radius 1 is 1.17 bits per heavy atom. The lowest BCUT2D eigenvalue weighted by Crippen LogP contribution is -2.21. The van der Waals surface area contributed by atoms with Crippen LogP contribution in [0.2, 0.25) is 0 Å². The van der Waals surface area contributed by atoms with E-state index < -0.39 is 0 Å². The van der Waals surface area contributed by atoms with Gasteiger partial charge in [-0.05, 0) is 53.4 Å². The van der Waals surface area contributed by atoms with Gasteiger partial charge in [0, 0.05) is 30.4 Å². The van der Waals surface area contributed by atoms with Crippen LogP contribution in [0.25, 0.3) is 10.9 Å². The molecule has 152 valence electrons. The van der Waals surface area contributed by atoms with Crippen LogP contribution in [0, 0.1) is 0 Å². The van der Waals surface area contributed by atoms with Crippen LogP contribution in [0.4, 0.5) is 0 Å². The van der Waals surface area contributed by atoms with Crippen LogP contribution in [0.1, 0.15) is 29.5 Å². The van der Waals surface area contributed by atoms with E-state index in [1.165, 1.54) is 30.8 Å². The van der Waals surface area contributed by atoms with E-state index in [1.807, 2.05) is 24.2 Å². The third kappa shape index (κ3) is 4.84. The molecule has 5 nitrogen and oxygen atoms in total. The van der Waals surface area contributed by atoms with Crippen molar-refractivity contribution < 1.29 is 14.9 Å².